The summed E-state index contributed by atoms with van der Waals surface area (Å²) in [6.45, 7) is 1.85. The summed E-state index contributed by atoms with van der Waals surface area (Å²) >= 11 is 7.22. The Morgan fingerprint density at radius 3 is 3.00 bits per heavy atom. The molecule has 0 radical (unpaired) electrons. The van der Waals surface area contributed by atoms with E-state index in [1.54, 1.807) is 12.1 Å². The second-order valence-electron chi connectivity index (χ2n) is 5.92. The van der Waals surface area contributed by atoms with Crippen molar-refractivity contribution in [3.63, 3.8) is 0 Å². The fourth-order valence-electron chi connectivity index (χ4n) is 2.86. The van der Waals surface area contributed by atoms with Gasteiger partial charge in [-0.05, 0) is 37.8 Å². The monoisotopic (exact) mass is 379 g/mol. The Morgan fingerprint density at radius 2 is 2.24 bits per heavy atom. The van der Waals surface area contributed by atoms with E-state index in [-0.39, 0.29) is 23.5 Å². The van der Waals surface area contributed by atoms with Crippen LogP contribution in [0.15, 0.2) is 22.1 Å². The first-order valence-electron chi connectivity index (χ1n) is 7.94. The summed E-state index contributed by atoms with van der Waals surface area (Å²) in [5.74, 6) is 0.0975. The molecule has 8 heteroatoms. The topological polar surface area (TPSA) is 80.1 Å². The van der Waals surface area contributed by atoms with E-state index < -0.39 is 0 Å². The lowest BCUT2D eigenvalue weighted by molar-refractivity contribution is -0.119. The van der Waals surface area contributed by atoms with Crippen molar-refractivity contribution in [3.8, 4) is 5.75 Å². The Labute approximate surface area is 155 Å². The number of amides is 2. The van der Waals surface area contributed by atoms with E-state index in [1.165, 1.54) is 7.11 Å². The number of fused-ring (bicyclic) bond motifs is 1. The Morgan fingerprint density at radius 1 is 1.44 bits per heavy atom. The number of halogens is 1. The number of rotatable bonds is 4. The number of amidine groups is 1. The zero-order chi connectivity index (χ0) is 18.0. The minimum atomic E-state index is -0.228. The van der Waals surface area contributed by atoms with Gasteiger partial charge in [0.2, 0.25) is 5.91 Å². The average molecular weight is 380 g/mol. The molecule has 1 N–H and O–H groups in total. The second-order valence-corrected chi connectivity index (χ2v) is 7.27. The van der Waals surface area contributed by atoms with Crippen LogP contribution in [0.4, 0.5) is 5.69 Å². The van der Waals surface area contributed by atoms with Crippen molar-refractivity contribution in [1.29, 1.82) is 0 Å². The molecule has 3 rings (SSSR count). The van der Waals surface area contributed by atoms with Crippen LogP contribution in [0, 0.1) is 12.8 Å². The Balaban J connectivity index is 1.62. The predicted molar refractivity (Wildman–Crippen MR) is 101 cm³/mol. The van der Waals surface area contributed by atoms with Gasteiger partial charge in [0.1, 0.15) is 5.75 Å². The molecule has 1 saturated carbocycles. The van der Waals surface area contributed by atoms with Gasteiger partial charge in [-0.25, -0.2) is 4.99 Å². The summed E-state index contributed by atoms with van der Waals surface area (Å²) in [4.78, 5) is 32.6. The average Bonchev–Trinajstić information content (AvgIpc) is 3.05. The van der Waals surface area contributed by atoms with Gasteiger partial charge >= 0.3 is 0 Å². The maximum Gasteiger partial charge on any atom is 0.256 e. The number of methoxy groups -OCH3 is 1. The van der Waals surface area contributed by atoms with Gasteiger partial charge in [0, 0.05) is 16.8 Å². The van der Waals surface area contributed by atoms with Crippen molar-refractivity contribution in [1.82, 2.24) is 0 Å². The molecule has 132 valence electrons. The van der Waals surface area contributed by atoms with Gasteiger partial charge in [-0.1, -0.05) is 23.4 Å². The summed E-state index contributed by atoms with van der Waals surface area (Å²) in [6.07, 6.45) is 2.64. The van der Waals surface area contributed by atoms with E-state index in [0.717, 1.165) is 42.3 Å². The number of anilines is 1. The molecule has 0 saturated heterocycles. The zero-order valence-corrected chi connectivity index (χ0v) is 15.5. The lowest BCUT2D eigenvalue weighted by Crippen LogP contribution is -2.24. The van der Waals surface area contributed by atoms with Gasteiger partial charge in [0.25, 0.3) is 5.91 Å². The lowest BCUT2D eigenvalue weighted by Gasteiger charge is -2.14. The van der Waals surface area contributed by atoms with Crippen LogP contribution < -0.4 is 10.1 Å². The molecule has 0 aromatic heterocycles. The SMILES string of the molecule is COc1cc(Cl)c(C)cc1NC(=O)CSC1=NC(=O)C2CCCC2=N1. The van der Waals surface area contributed by atoms with E-state index in [4.69, 9.17) is 16.3 Å². The smallest absolute Gasteiger partial charge is 0.256 e. The molecule has 6 nitrogen and oxygen atoms in total. The van der Waals surface area contributed by atoms with Crippen LogP contribution in [0.25, 0.3) is 0 Å². The molecule has 1 fully saturated rings. The predicted octanol–water partition coefficient (Wildman–Crippen LogP) is 3.47. The summed E-state index contributed by atoms with van der Waals surface area (Å²) in [5.41, 5.74) is 2.29. The summed E-state index contributed by atoms with van der Waals surface area (Å²) in [7, 11) is 1.52. The van der Waals surface area contributed by atoms with E-state index in [2.05, 4.69) is 15.3 Å². The maximum atomic E-state index is 12.2. The van der Waals surface area contributed by atoms with Crippen molar-refractivity contribution in [3.05, 3.63) is 22.7 Å². The van der Waals surface area contributed by atoms with Crippen molar-refractivity contribution in [2.24, 2.45) is 15.9 Å². The van der Waals surface area contributed by atoms with Crippen LogP contribution in [0.1, 0.15) is 24.8 Å². The molecule has 1 aromatic rings. The quantitative estimate of drug-likeness (QED) is 0.868. The minimum absolute atomic E-state index is 0.110. The molecule has 1 atom stereocenters. The highest BCUT2D eigenvalue weighted by atomic mass is 35.5. The summed E-state index contributed by atoms with van der Waals surface area (Å²) in [6, 6.07) is 3.42. The van der Waals surface area contributed by atoms with Gasteiger partial charge < -0.3 is 10.1 Å². The largest absolute Gasteiger partial charge is 0.495 e. The number of nitrogens with zero attached hydrogens (tertiary/aromatic N) is 2. The van der Waals surface area contributed by atoms with Crippen LogP contribution in [0.2, 0.25) is 5.02 Å². The van der Waals surface area contributed by atoms with Gasteiger partial charge in [0.15, 0.2) is 5.17 Å². The molecular weight excluding hydrogens is 362 g/mol. The van der Waals surface area contributed by atoms with E-state index >= 15 is 0 Å². The first-order valence-corrected chi connectivity index (χ1v) is 9.31. The molecule has 0 bridgehead atoms. The molecule has 1 aliphatic carbocycles. The highest BCUT2D eigenvalue weighted by Gasteiger charge is 2.32. The summed E-state index contributed by atoms with van der Waals surface area (Å²) < 4.78 is 5.24. The molecule has 2 amide bonds. The van der Waals surface area contributed by atoms with Crippen LogP contribution in [-0.4, -0.2) is 35.6 Å². The number of hydrogen-bond acceptors (Lipinski definition) is 5. The second kappa shape index (κ2) is 7.58. The number of thioether (sulfide) groups is 1. The van der Waals surface area contributed by atoms with Crippen molar-refractivity contribution in [2.45, 2.75) is 26.2 Å². The van der Waals surface area contributed by atoms with Crippen LogP contribution in [0.5, 0.6) is 5.75 Å². The third kappa shape index (κ3) is 4.04. The molecule has 1 aliphatic heterocycles. The highest BCUT2D eigenvalue weighted by Crippen LogP contribution is 2.31. The van der Waals surface area contributed by atoms with E-state index in [0.29, 0.717) is 21.6 Å². The Kier molecular flexibility index (Phi) is 5.44. The third-order valence-electron chi connectivity index (χ3n) is 4.16. The van der Waals surface area contributed by atoms with Crippen LogP contribution in [-0.2, 0) is 9.59 Å². The van der Waals surface area contributed by atoms with Gasteiger partial charge in [0.05, 0.1) is 24.5 Å². The standard InChI is InChI=1S/C17H18ClN3O3S/c1-9-6-13(14(24-2)7-11(9)18)19-15(22)8-25-17-20-12-5-3-4-10(12)16(23)21-17/h6-7,10H,3-5,8H2,1-2H3,(H,19,22). The van der Waals surface area contributed by atoms with E-state index in [1.807, 2.05) is 6.92 Å². The minimum Gasteiger partial charge on any atom is -0.495 e. The normalized spacial score (nSPS) is 19.2. The fraction of sp³-hybridized carbons (Fsp3) is 0.412. The number of carbonyl (C=O) groups is 2. The number of aryl methyl sites for hydroxylation is 1. The highest BCUT2D eigenvalue weighted by molar-refractivity contribution is 8.14. The van der Waals surface area contributed by atoms with Crippen molar-refractivity contribution in [2.75, 3.05) is 18.2 Å². The number of nitrogens with one attached hydrogen (secondary N) is 1. The Hall–Kier alpha value is -1.86. The van der Waals surface area contributed by atoms with Crippen LogP contribution >= 0.6 is 23.4 Å². The number of carbonyl (C=O) groups excluding carboxylic acids is 2. The van der Waals surface area contributed by atoms with Crippen molar-refractivity contribution < 1.29 is 14.3 Å². The lowest BCUT2D eigenvalue weighted by atomic mass is 10.1. The molecular formula is C17H18ClN3O3S. The zero-order valence-electron chi connectivity index (χ0n) is 14.0. The first kappa shape index (κ1) is 17.9. The third-order valence-corrected chi connectivity index (χ3v) is 5.41. The van der Waals surface area contributed by atoms with Crippen LogP contribution in [0.3, 0.4) is 0 Å². The molecule has 1 unspecified atom stereocenters. The number of hydrogen-bond donors (Lipinski definition) is 1. The van der Waals surface area contributed by atoms with Gasteiger partial charge in [-0.3, -0.25) is 9.59 Å². The number of ether oxygens (including phenoxy) is 1. The molecule has 25 heavy (non-hydrogen) atoms. The van der Waals surface area contributed by atoms with Gasteiger partial charge in [-0.2, -0.15) is 4.99 Å². The maximum absolute atomic E-state index is 12.2. The molecule has 2 aliphatic rings. The fourth-order valence-corrected chi connectivity index (χ4v) is 3.68. The molecule has 1 heterocycles. The summed E-state index contributed by atoms with van der Waals surface area (Å²) in [5, 5.41) is 3.73. The Bertz CT molecular complexity index is 792. The van der Waals surface area contributed by atoms with E-state index in [9.17, 15) is 9.59 Å². The number of benzene rings is 1. The molecule has 0 spiro atoms. The first-order chi connectivity index (χ1) is 12.0. The molecule has 1 aromatic carbocycles. The van der Waals surface area contributed by atoms with Gasteiger partial charge in [-0.15, -0.1) is 0 Å². The number of aliphatic imine (C=N–C) groups is 2. The van der Waals surface area contributed by atoms with Crippen molar-refractivity contribution >= 4 is 51.7 Å².